The van der Waals surface area contributed by atoms with E-state index >= 15 is 0 Å². The molecule has 1 amide bonds. The Kier molecular flexibility index (Phi) is 5.08. The van der Waals surface area contributed by atoms with Crippen LogP contribution in [0.15, 0.2) is 46.9 Å². The van der Waals surface area contributed by atoms with E-state index in [2.05, 4.69) is 15.9 Å². The molecule has 0 heterocycles. The molecule has 128 valence electrons. The van der Waals surface area contributed by atoms with E-state index < -0.39 is 18.1 Å². The number of carbonyl (C=O) groups is 1. The van der Waals surface area contributed by atoms with Crippen LogP contribution >= 0.6 is 15.9 Å². The highest BCUT2D eigenvalue weighted by molar-refractivity contribution is 9.10. The summed E-state index contributed by atoms with van der Waals surface area (Å²) in [5.74, 6) is -1.15. The fourth-order valence-corrected chi connectivity index (χ4v) is 2.62. The molecule has 0 fully saturated rings. The Morgan fingerprint density at radius 1 is 1.08 bits per heavy atom. The number of phenols is 2. The third kappa shape index (κ3) is 3.81. The lowest BCUT2D eigenvalue weighted by Crippen LogP contribution is -2.47. The average molecular weight is 404 g/mol. The van der Waals surface area contributed by atoms with Crippen LogP contribution < -0.4 is 4.90 Å². The summed E-state index contributed by atoms with van der Waals surface area (Å²) in [6.45, 7) is 0.874. The molecule has 1 atom stereocenters. The lowest BCUT2D eigenvalue weighted by molar-refractivity contribution is -0.143. The van der Waals surface area contributed by atoms with Crippen molar-refractivity contribution in [2.24, 2.45) is 0 Å². The van der Waals surface area contributed by atoms with Crippen molar-refractivity contribution in [2.45, 2.75) is 19.1 Å². The minimum Gasteiger partial charge on any atom is -0.508 e. The zero-order valence-electron chi connectivity index (χ0n) is 12.4. The normalized spacial score (nSPS) is 12.7. The number of benzene rings is 2. The van der Waals surface area contributed by atoms with Gasteiger partial charge in [-0.1, -0.05) is 0 Å². The second kappa shape index (κ2) is 6.72. The molecule has 0 saturated carbocycles. The van der Waals surface area contributed by atoms with Gasteiger partial charge in [-0.15, -0.1) is 0 Å². The van der Waals surface area contributed by atoms with Gasteiger partial charge in [0, 0.05) is 10.2 Å². The van der Waals surface area contributed by atoms with Gasteiger partial charge in [-0.05, 0) is 65.3 Å². The number of anilines is 1. The van der Waals surface area contributed by atoms with Gasteiger partial charge in [-0.25, -0.2) is 0 Å². The van der Waals surface area contributed by atoms with E-state index in [1.54, 1.807) is 0 Å². The molecule has 0 aliphatic heterocycles. The first-order chi connectivity index (χ1) is 11.1. The minimum absolute atomic E-state index is 0.0115. The topological polar surface area (TPSA) is 60.8 Å². The van der Waals surface area contributed by atoms with Crippen molar-refractivity contribution >= 4 is 27.5 Å². The molecule has 0 aliphatic rings. The predicted molar refractivity (Wildman–Crippen MR) is 86.2 cm³/mol. The second-order valence-electron chi connectivity index (χ2n) is 5.07. The number of nitrogens with zero attached hydrogens (tertiary/aromatic N) is 1. The Labute approximate surface area is 144 Å². The summed E-state index contributed by atoms with van der Waals surface area (Å²) in [6, 6.07) is 6.43. The zero-order chi connectivity index (χ0) is 18.1. The summed E-state index contributed by atoms with van der Waals surface area (Å²) in [5, 5.41) is 18.7. The molecule has 2 aromatic rings. The Balaban J connectivity index is 2.53. The Hall–Kier alpha value is -2.22. The van der Waals surface area contributed by atoms with E-state index in [4.69, 9.17) is 0 Å². The fourth-order valence-electron chi connectivity index (χ4n) is 2.08. The Morgan fingerprint density at radius 2 is 1.62 bits per heavy atom. The van der Waals surface area contributed by atoms with E-state index in [0.717, 1.165) is 6.92 Å². The van der Waals surface area contributed by atoms with Crippen LogP contribution in [0.5, 0.6) is 11.5 Å². The maximum absolute atomic E-state index is 13.2. The molecular formula is C16H13BrF3NO3. The molecule has 0 aliphatic carbocycles. The summed E-state index contributed by atoms with van der Waals surface area (Å²) in [4.78, 5) is 13.3. The standard InChI is InChI=1S/C16H13BrF3NO3/c1-9(16(18,19)20)21(10-2-4-11(22)5-3-10)15(24)13-7-6-12(23)8-14(13)17/h2-9,22-23H,1H3. The molecular weight excluding hydrogens is 391 g/mol. The van der Waals surface area contributed by atoms with E-state index in [9.17, 15) is 28.2 Å². The number of hydrogen-bond donors (Lipinski definition) is 2. The first-order valence-corrected chi connectivity index (χ1v) is 7.58. The number of carbonyl (C=O) groups excluding carboxylic acids is 1. The molecule has 0 aromatic heterocycles. The van der Waals surface area contributed by atoms with Crippen molar-refractivity contribution in [3.8, 4) is 11.5 Å². The van der Waals surface area contributed by atoms with Crippen LogP contribution in [0.25, 0.3) is 0 Å². The van der Waals surface area contributed by atoms with Gasteiger partial charge in [-0.3, -0.25) is 9.69 Å². The van der Waals surface area contributed by atoms with Crippen molar-refractivity contribution in [3.05, 3.63) is 52.5 Å². The number of phenolic OH excluding ortho intramolecular Hbond substituents is 2. The predicted octanol–water partition coefficient (Wildman–Crippen LogP) is 4.46. The molecule has 0 radical (unpaired) electrons. The molecule has 2 N–H and O–H groups in total. The highest BCUT2D eigenvalue weighted by Crippen LogP contribution is 2.33. The lowest BCUT2D eigenvalue weighted by atomic mass is 10.1. The van der Waals surface area contributed by atoms with Gasteiger partial charge in [0.1, 0.15) is 17.5 Å². The number of aromatic hydroxyl groups is 2. The number of alkyl halides is 3. The van der Waals surface area contributed by atoms with Crippen LogP contribution in [-0.4, -0.2) is 28.3 Å². The molecule has 1 unspecified atom stereocenters. The minimum atomic E-state index is -4.64. The van der Waals surface area contributed by atoms with Gasteiger partial charge in [0.25, 0.3) is 5.91 Å². The number of amides is 1. The fraction of sp³-hybridized carbons (Fsp3) is 0.188. The molecule has 0 saturated heterocycles. The van der Waals surface area contributed by atoms with E-state index in [1.165, 1.54) is 42.5 Å². The highest BCUT2D eigenvalue weighted by Gasteiger charge is 2.43. The number of rotatable bonds is 3. The average Bonchev–Trinajstić information content (AvgIpc) is 2.48. The largest absolute Gasteiger partial charge is 0.508 e. The molecule has 0 bridgehead atoms. The van der Waals surface area contributed by atoms with Crippen molar-refractivity contribution < 1.29 is 28.2 Å². The molecule has 4 nitrogen and oxygen atoms in total. The van der Waals surface area contributed by atoms with E-state index in [0.29, 0.717) is 4.90 Å². The second-order valence-corrected chi connectivity index (χ2v) is 5.93. The lowest BCUT2D eigenvalue weighted by Gasteiger charge is -2.31. The summed E-state index contributed by atoms with van der Waals surface area (Å²) in [5.41, 5.74) is -0.0421. The monoisotopic (exact) mass is 403 g/mol. The van der Waals surface area contributed by atoms with Gasteiger partial charge in [0.2, 0.25) is 0 Å². The SMILES string of the molecule is CC(N(C(=O)c1ccc(O)cc1Br)c1ccc(O)cc1)C(F)(F)F. The Bertz CT molecular complexity index is 747. The molecule has 24 heavy (non-hydrogen) atoms. The van der Waals surface area contributed by atoms with Crippen LogP contribution in [0, 0.1) is 0 Å². The maximum Gasteiger partial charge on any atom is 0.408 e. The Morgan fingerprint density at radius 3 is 2.12 bits per heavy atom. The third-order valence-electron chi connectivity index (χ3n) is 3.39. The van der Waals surface area contributed by atoms with Gasteiger partial charge >= 0.3 is 6.18 Å². The number of halogens is 4. The maximum atomic E-state index is 13.2. The zero-order valence-corrected chi connectivity index (χ0v) is 14.0. The quantitative estimate of drug-likeness (QED) is 0.795. The summed E-state index contributed by atoms with van der Waals surface area (Å²) in [6.07, 6.45) is -4.64. The smallest absolute Gasteiger partial charge is 0.408 e. The van der Waals surface area contributed by atoms with Crippen LogP contribution in [0.3, 0.4) is 0 Å². The third-order valence-corrected chi connectivity index (χ3v) is 4.05. The van der Waals surface area contributed by atoms with Crippen molar-refractivity contribution in [3.63, 3.8) is 0 Å². The molecule has 8 heteroatoms. The van der Waals surface area contributed by atoms with Gasteiger partial charge in [0.05, 0.1) is 5.56 Å². The van der Waals surface area contributed by atoms with E-state index in [-0.39, 0.29) is 27.2 Å². The molecule has 2 rings (SSSR count). The van der Waals surface area contributed by atoms with E-state index in [1.807, 2.05) is 0 Å². The highest BCUT2D eigenvalue weighted by atomic mass is 79.9. The summed E-state index contributed by atoms with van der Waals surface area (Å²) >= 11 is 3.07. The van der Waals surface area contributed by atoms with Gasteiger partial charge < -0.3 is 10.2 Å². The summed E-state index contributed by atoms with van der Waals surface area (Å²) in [7, 11) is 0. The van der Waals surface area contributed by atoms with Crippen molar-refractivity contribution in [2.75, 3.05) is 4.90 Å². The van der Waals surface area contributed by atoms with Crippen LogP contribution in [0.1, 0.15) is 17.3 Å². The van der Waals surface area contributed by atoms with Gasteiger partial charge in [-0.2, -0.15) is 13.2 Å². The van der Waals surface area contributed by atoms with Crippen molar-refractivity contribution in [1.29, 1.82) is 0 Å². The first-order valence-electron chi connectivity index (χ1n) is 6.79. The molecule has 0 spiro atoms. The summed E-state index contributed by atoms with van der Waals surface area (Å²) < 4.78 is 39.8. The van der Waals surface area contributed by atoms with Crippen LogP contribution in [0.2, 0.25) is 0 Å². The number of hydrogen-bond acceptors (Lipinski definition) is 3. The van der Waals surface area contributed by atoms with Crippen LogP contribution in [0.4, 0.5) is 18.9 Å². The van der Waals surface area contributed by atoms with Crippen molar-refractivity contribution in [1.82, 2.24) is 0 Å². The van der Waals surface area contributed by atoms with Crippen LogP contribution in [-0.2, 0) is 0 Å². The van der Waals surface area contributed by atoms with Gasteiger partial charge in [0.15, 0.2) is 0 Å². The first kappa shape index (κ1) is 18.1. The molecule has 2 aromatic carbocycles.